The molecule has 0 atom stereocenters. The van der Waals surface area contributed by atoms with Gasteiger partial charge < -0.3 is 14.9 Å². The minimum Gasteiger partial charge on any atom is -0.387 e. The van der Waals surface area contributed by atoms with Crippen LogP contribution in [0.5, 0.6) is 0 Å². The molecule has 120 valence electrons. The summed E-state index contributed by atoms with van der Waals surface area (Å²) in [5.41, 5.74) is 0.158. The van der Waals surface area contributed by atoms with Gasteiger partial charge in [0.1, 0.15) is 6.61 Å². The van der Waals surface area contributed by atoms with Crippen molar-refractivity contribution >= 4 is 5.91 Å². The second kappa shape index (κ2) is 5.33. The Bertz CT molecular complexity index is 533. The molecule has 0 aliphatic heterocycles. The maximum absolute atomic E-state index is 11.0. The molecule has 22 heavy (non-hydrogen) atoms. The molecule has 2 N–H and O–H groups in total. The second-order valence-electron chi connectivity index (χ2n) is 7.47. The van der Waals surface area contributed by atoms with Crippen molar-refractivity contribution in [3.8, 4) is 0 Å². The van der Waals surface area contributed by atoms with Crippen molar-refractivity contribution in [2.24, 2.45) is 17.8 Å². The fourth-order valence-corrected chi connectivity index (χ4v) is 5.32. The van der Waals surface area contributed by atoms with Crippen molar-refractivity contribution in [2.75, 3.05) is 13.2 Å². The Labute approximate surface area is 129 Å². The van der Waals surface area contributed by atoms with Crippen molar-refractivity contribution in [3.63, 3.8) is 0 Å². The molecule has 0 radical (unpaired) electrons. The normalized spacial score (nSPS) is 35.8. The highest BCUT2D eigenvalue weighted by Crippen LogP contribution is 2.60. The Morgan fingerprint density at radius 2 is 1.86 bits per heavy atom. The number of nitrogens with one attached hydrogen (secondary N) is 1. The van der Waals surface area contributed by atoms with Crippen molar-refractivity contribution in [3.05, 3.63) is 11.7 Å². The molecule has 1 aromatic heterocycles. The lowest BCUT2D eigenvalue weighted by atomic mass is 9.49. The Balaban J connectivity index is 1.44. The van der Waals surface area contributed by atoms with Crippen LogP contribution in [0.15, 0.2) is 4.52 Å². The van der Waals surface area contributed by atoms with Crippen LogP contribution in [0.2, 0.25) is 0 Å². The highest BCUT2D eigenvalue weighted by molar-refractivity contribution is 5.76. The Hall–Kier alpha value is -1.43. The van der Waals surface area contributed by atoms with Crippen LogP contribution in [0, 0.1) is 17.8 Å². The fourth-order valence-electron chi connectivity index (χ4n) is 5.32. The van der Waals surface area contributed by atoms with E-state index >= 15 is 0 Å². The first-order valence-corrected chi connectivity index (χ1v) is 8.37. The lowest BCUT2D eigenvalue weighted by Gasteiger charge is -2.55. The molecule has 5 rings (SSSR count). The lowest BCUT2D eigenvalue weighted by Crippen LogP contribution is -2.49. The zero-order valence-electron chi connectivity index (χ0n) is 12.8. The monoisotopic (exact) mass is 305 g/mol. The molecule has 6 nitrogen and oxygen atoms in total. The van der Waals surface area contributed by atoms with Gasteiger partial charge in [-0.1, -0.05) is 5.16 Å². The van der Waals surface area contributed by atoms with Crippen LogP contribution in [-0.4, -0.2) is 34.3 Å². The first-order valence-electron chi connectivity index (χ1n) is 8.37. The number of hydrogen-bond donors (Lipinski definition) is 2. The van der Waals surface area contributed by atoms with Crippen molar-refractivity contribution in [2.45, 2.75) is 50.4 Å². The molecule has 0 saturated heterocycles. The maximum atomic E-state index is 11.0. The van der Waals surface area contributed by atoms with Crippen LogP contribution in [0.25, 0.3) is 0 Å². The van der Waals surface area contributed by atoms with Crippen LogP contribution in [0.3, 0.4) is 0 Å². The van der Waals surface area contributed by atoms with Crippen LogP contribution in [-0.2, 0) is 16.6 Å². The lowest BCUT2D eigenvalue weighted by molar-refractivity contribution is -0.123. The Kier molecular flexibility index (Phi) is 3.44. The topological polar surface area (TPSA) is 88.2 Å². The van der Waals surface area contributed by atoms with Crippen LogP contribution in [0.1, 0.15) is 50.2 Å². The van der Waals surface area contributed by atoms with E-state index in [0.29, 0.717) is 18.9 Å². The average Bonchev–Trinajstić information content (AvgIpc) is 2.95. The Morgan fingerprint density at radius 1 is 1.23 bits per heavy atom. The molecule has 0 aromatic carbocycles. The molecule has 4 aliphatic carbocycles. The summed E-state index contributed by atoms with van der Waals surface area (Å²) in [6.07, 6.45) is 8.38. The molecule has 1 aromatic rings. The summed E-state index contributed by atoms with van der Waals surface area (Å²) >= 11 is 0. The number of hydrogen-bond acceptors (Lipinski definition) is 5. The van der Waals surface area contributed by atoms with E-state index in [1.807, 2.05) is 0 Å². The quantitative estimate of drug-likeness (QED) is 0.853. The van der Waals surface area contributed by atoms with E-state index in [2.05, 4.69) is 15.5 Å². The van der Waals surface area contributed by atoms with Gasteiger partial charge in [0.15, 0.2) is 5.82 Å². The van der Waals surface area contributed by atoms with Crippen molar-refractivity contribution in [1.29, 1.82) is 0 Å². The van der Waals surface area contributed by atoms with Gasteiger partial charge in [0, 0.05) is 18.4 Å². The van der Waals surface area contributed by atoms with E-state index in [1.54, 1.807) is 0 Å². The van der Waals surface area contributed by atoms with Crippen molar-refractivity contribution in [1.82, 2.24) is 15.5 Å². The van der Waals surface area contributed by atoms with E-state index in [4.69, 9.17) is 9.63 Å². The van der Waals surface area contributed by atoms with Crippen LogP contribution in [0.4, 0.5) is 0 Å². The zero-order valence-corrected chi connectivity index (χ0v) is 12.8. The molecule has 6 heteroatoms. The minimum absolute atomic E-state index is 0.158. The number of nitrogens with zero attached hydrogens (tertiary/aromatic N) is 2. The summed E-state index contributed by atoms with van der Waals surface area (Å²) in [4.78, 5) is 15.6. The number of amides is 1. The summed E-state index contributed by atoms with van der Waals surface area (Å²) in [5, 5.41) is 15.6. The van der Waals surface area contributed by atoms with Gasteiger partial charge >= 0.3 is 0 Å². The van der Waals surface area contributed by atoms with Gasteiger partial charge in [0.2, 0.25) is 11.8 Å². The van der Waals surface area contributed by atoms with Gasteiger partial charge in [-0.05, 0) is 56.3 Å². The minimum atomic E-state index is -0.484. The number of carbonyl (C=O) groups is 1. The summed E-state index contributed by atoms with van der Waals surface area (Å²) < 4.78 is 5.39. The SMILES string of the molecule is O=C(CO)NCCc1nc(C23CC4CC(CC(C4)C2)C3)no1. The Morgan fingerprint density at radius 3 is 2.45 bits per heavy atom. The van der Waals surface area contributed by atoms with E-state index in [9.17, 15) is 4.79 Å². The van der Waals surface area contributed by atoms with Gasteiger partial charge in [0.25, 0.3) is 0 Å². The molecular weight excluding hydrogens is 282 g/mol. The van der Waals surface area contributed by atoms with Gasteiger partial charge in [-0.15, -0.1) is 0 Å². The number of aromatic nitrogens is 2. The third-order valence-corrected chi connectivity index (χ3v) is 5.79. The summed E-state index contributed by atoms with van der Waals surface area (Å²) in [5.74, 6) is 3.69. The molecule has 0 unspecified atom stereocenters. The predicted molar refractivity (Wildman–Crippen MR) is 77.9 cm³/mol. The molecular formula is C16H23N3O3. The zero-order chi connectivity index (χ0) is 15.2. The number of rotatable bonds is 5. The average molecular weight is 305 g/mol. The van der Waals surface area contributed by atoms with E-state index in [1.165, 1.54) is 38.5 Å². The first kappa shape index (κ1) is 14.2. The summed E-state index contributed by atoms with van der Waals surface area (Å²) in [6.45, 7) is -0.0652. The van der Waals surface area contributed by atoms with E-state index < -0.39 is 6.61 Å². The molecule has 4 aliphatic rings. The fraction of sp³-hybridized carbons (Fsp3) is 0.812. The van der Waals surface area contributed by atoms with E-state index in [-0.39, 0.29) is 11.3 Å². The van der Waals surface area contributed by atoms with Crippen molar-refractivity contribution < 1.29 is 14.4 Å². The van der Waals surface area contributed by atoms with Crippen LogP contribution >= 0.6 is 0 Å². The van der Waals surface area contributed by atoms with Gasteiger partial charge in [-0.3, -0.25) is 4.79 Å². The maximum Gasteiger partial charge on any atom is 0.245 e. The smallest absolute Gasteiger partial charge is 0.245 e. The third kappa shape index (κ3) is 2.43. The molecule has 4 fully saturated rings. The number of aliphatic hydroxyl groups excluding tert-OH is 1. The molecule has 4 bridgehead atoms. The highest BCUT2D eigenvalue weighted by atomic mass is 16.5. The molecule has 1 amide bonds. The largest absolute Gasteiger partial charge is 0.387 e. The van der Waals surface area contributed by atoms with E-state index in [0.717, 1.165) is 23.6 Å². The van der Waals surface area contributed by atoms with Gasteiger partial charge in [-0.25, -0.2) is 0 Å². The first-order chi connectivity index (χ1) is 10.7. The second-order valence-corrected chi connectivity index (χ2v) is 7.47. The standard InChI is InChI=1S/C16H23N3O3/c20-9-13(21)17-2-1-14-18-15(19-22-14)16-6-10-3-11(7-16)5-12(4-10)8-16/h10-12,20H,1-9H2,(H,17,21). The summed E-state index contributed by atoms with van der Waals surface area (Å²) in [6, 6.07) is 0. The van der Waals surface area contributed by atoms with Crippen LogP contribution < -0.4 is 5.32 Å². The predicted octanol–water partition coefficient (Wildman–Crippen LogP) is 1.19. The number of aliphatic hydroxyl groups is 1. The third-order valence-electron chi connectivity index (χ3n) is 5.79. The molecule has 4 saturated carbocycles. The number of carbonyl (C=O) groups excluding carboxylic acids is 1. The summed E-state index contributed by atoms with van der Waals surface area (Å²) in [7, 11) is 0. The highest BCUT2D eigenvalue weighted by Gasteiger charge is 2.53. The molecule has 0 spiro atoms. The van der Waals surface area contributed by atoms with Gasteiger partial charge in [0.05, 0.1) is 0 Å². The molecule has 1 heterocycles. The van der Waals surface area contributed by atoms with Gasteiger partial charge in [-0.2, -0.15) is 4.98 Å².